The van der Waals surface area contributed by atoms with Crippen LogP contribution in [0.25, 0.3) is 0 Å². The number of benzene rings is 1. The van der Waals surface area contributed by atoms with Crippen molar-refractivity contribution in [1.29, 1.82) is 0 Å². The van der Waals surface area contributed by atoms with Crippen molar-refractivity contribution in [3.8, 4) is 5.75 Å². The van der Waals surface area contributed by atoms with Gasteiger partial charge in [-0.1, -0.05) is 26.8 Å². The topological polar surface area (TPSA) is 46.5 Å². The van der Waals surface area contributed by atoms with E-state index in [2.05, 4.69) is 20.8 Å². The first-order valence-electron chi connectivity index (χ1n) is 5.68. The van der Waals surface area contributed by atoms with Crippen LogP contribution in [0, 0.1) is 6.92 Å². The van der Waals surface area contributed by atoms with Gasteiger partial charge in [-0.05, 0) is 29.5 Å². The molecule has 0 aromatic heterocycles. The Hall–Kier alpha value is -1.51. The molecule has 94 valence electrons. The number of aromatic hydroxyl groups is 1. The summed E-state index contributed by atoms with van der Waals surface area (Å²) >= 11 is 0. The van der Waals surface area contributed by atoms with Gasteiger partial charge in [0.05, 0.1) is 0 Å². The zero-order chi connectivity index (χ0) is 13.2. The minimum atomic E-state index is -0.344. The van der Waals surface area contributed by atoms with E-state index in [0.29, 0.717) is 5.56 Å². The molecular weight excluding hydrogens is 216 g/mol. The number of esters is 1. The van der Waals surface area contributed by atoms with Crippen LogP contribution < -0.4 is 0 Å². The van der Waals surface area contributed by atoms with Gasteiger partial charge < -0.3 is 9.84 Å². The molecule has 0 saturated carbocycles. The first-order valence-corrected chi connectivity index (χ1v) is 5.68. The predicted molar refractivity (Wildman–Crippen MR) is 67.0 cm³/mol. The Morgan fingerprint density at radius 2 is 1.94 bits per heavy atom. The van der Waals surface area contributed by atoms with E-state index in [4.69, 9.17) is 4.74 Å². The van der Waals surface area contributed by atoms with Crippen LogP contribution in [0.15, 0.2) is 12.1 Å². The predicted octanol–water partition coefficient (Wildman–Crippen LogP) is 3.06. The first kappa shape index (κ1) is 13.6. The van der Waals surface area contributed by atoms with Crippen molar-refractivity contribution >= 4 is 5.97 Å². The van der Waals surface area contributed by atoms with Crippen LogP contribution in [0.5, 0.6) is 5.75 Å². The van der Waals surface area contributed by atoms with Gasteiger partial charge in [0.2, 0.25) is 0 Å². The molecule has 1 aromatic rings. The van der Waals surface area contributed by atoms with Crippen LogP contribution in [-0.2, 0) is 21.6 Å². The maximum Gasteiger partial charge on any atom is 0.302 e. The quantitative estimate of drug-likeness (QED) is 0.803. The van der Waals surface area contributed by atoms with E-state index in [9.17, 15) is 9.90 Å². The van der Waals surface area contributed by atoms with Crippen LogP contribution in [0.4, 0.5) is 0 Å². The number of aryl methyl sites for hydroxylation is 1. The zero-order valence-electron chi connectivity index (χ0n) is 11.1. The van der Waals surface area contributed by atoms with Crippen molar-refractivity contribution in [2.45, 2.75) is 46.6 Å². The Balaban J connectivity index is 3.11. The molecule has 0 aliphatic heterocycles. The summed E-state index contributed by atoms with van der Waals surface area (Å²) in [5, 5.41) is 9.91. The lowest BCUT2D eigenvalue weighted by atomic mass is 9.85. The number of hydrogen-bond acceptors (Lipinski definition) is 3. The van der Waals surface area contributed by atoms with Crippen molar-refractivity contribution in [2.75, 3.05) is 0 Å². The number of carbonyl (C=O) groups excluding carboxylic acids is 1. The average Bonchev–Trinajstić information content (AvgIpc) is 2.18. The number of rotatable bonds is 2. The van der Waals surface area contributed by atoms with Crippen molar-refractivity contribution in [2.24, 2.45) is 0 Å². The Morgan fingerprint density at radius 1 is 1.35 bits per heavy atom. The maximum atomic E-state index is 10.8. The molecule has 0 saturated heterocycles. The van der Waals surface area contributed by atoms with Crippen LogP contribution in [0.2, 0.25) is 0 Å². The summed E-state index contributed by atoms with van der Waals surface area (Å²) in [5.74, 6) is -0.137. The van der Waals surface area contributed by atoms with E-state index in [1.165, 1.54) is 6.92 Å². The van der Waals surface area contributed by atoms with Gasteiger partial charge >= 0.3 is 5.97 Å². The molecule has 0 fully saturated rings. The summed E-state index contributed by atoms with van der Waals surface area (Å²) in [6, 6.07) is 3.86. The molecule has 0 unspecified atom stereocenters. The highest BCUT2D eigenvalue weighted by molar-refractivity contribution is 5.66. The summed E-state index contributed by atoms with van der Waals surface area (Å²) < 4.78 is 4.93. The van der Waals surface area contributed by atoms with Gasteiger partial charge in [-0.3, -0.25) is 4.79 Å². The van der Waals surface area contributed by atoms with Gasteiger partial charge in [0.1, 0.15) is 12.4 Å². The first-order chi connectivity index (χ1) is 7.71. The zero-order valence-corrected chi connectivity index (χ0v) is 11.1. The second-order valence-corrected chi connectivity index (χ2v) is 5.33. The highest BCUT2D eigenvalue weighted by Crippen LogP contribution is 2.30. The molecular formula is C14H20O3. The molecule has 1 aromatic carbocycles. The lowest BCUT2D eigenvalue weighted by molar-refractivity contribution is -0.142. The van der Waals surface area contributed by atoms with E-state index in [0.717, 1.165) is 11.1 Å². The molecule has 0 amide bonds. The fourth-order valence-electron chi connectivity index (χ4n) is 1.58. The van der Waals surface area contributed by atoms with E-state index < -0.39 is 0 Å². The van der Waals surface area contributed by atoms with Gasteiger partial charge in [-0.25, -0.2) is 0 Å². The third kappa shape index (κ3) is 3.48. The molecule has 3 nitrogen and oxygen atoms in total. The minimum Gasteiger partial charge on any atom is -0.507 e. The van der Waals surface area contributed by atoms with E-state index >= 15 is 0 Å². The Labute approximate surface area is 102 Å². The molecule has 0 spiro atoms. The van der Waals surface area contributed by atoms with Crippen LogP contribution in [0.3, 0.4) is 0 Å². The maximum absolute atomic E-state index is 10.8. The smallest absolute Gasteiger partial charge is 0.302 e. The molecule has 3 heteroatoms. The standard InChI is InChI=1S/C14H20O3/c1-9-6-12(14(3,4)5)7-11(13(9)16)8-17-10(2)15/h6-7,16H,8H2,1-5H3. The van der Waals surface area contributed by atoms with Crippen molar-refractivity contribution in [1.82, 2.24) is 0 Å². The molecule has 0 atom stereocenters. The third-order valence-electron chi connectivity index (χ3n) is 2.68. The highest BCUT2D eigenvalue weighted by Gasteiger charge is 2.17. The lowest BCUT2D eigenvalue weighted by Crippen LogP contribution is -2.12. The molecule has 1 rings (SSSR count). The summed E-state index contributed by atoms with van der Waals surface area (Å²) in [6.07, 6.45) is 0. The fraction of sp³-hybridized carbons (Fsp3) is 0.500. The second-order valence-electron chi connectivity index (χ2n) is 5.33. The second kappa shape index (κ2) is 4.78. The molecule has 0 heterocycles. The van der Waals surface area contributed by atoms with E-state index in [-0.39, 0.29) is 23.7 Å². The number of hydrogen-bond donors (Lipinski definition) is 1. The van der Waals surface area contributed by atoms with Gasteiger partial charge in [-0.15, -0.1) is 0 Å². The summed E-state index contributed by atoms with van der Waals surface area (Å²) in [4.78, 5) is 10.8. The molecule has 0 aliphatic rings. The van der Waals surface area contributed by atoms with Gasteiger partial charge in [-0.2, -0.15) is 0 Å². The summed E-state index contributed by atoms with van der Waals surface area (Å²) in [7, 11) is 0. The summed E-state index contributed by atoms with van der Waals surface area (Å²) in [5.41, 5.74) is 2.59. The molecule has 1 N–H and O–H groups in total. The average molecular weight is 236 g/mol. The molecule has 0 bridgehead atoms. The number of phenolic OH excluding ortho intramolecular Hbond substituents is 1. The summed E-state index contributed by atoms with van der Waals surface area (Å²) in [6.45, 7) is 9.64. The van der Waals surface area contributed by atoms with Crippen LogP contribution in [-0.4, -0.2) is 11.1 Å². The Bertz CT molecular complexity index is 428. The molecule has 17 heavy (non-hydrogen) atoms. The van der Waals surface area contributed by atoms with Crippen molar-refractivity contribution in [3.05, 3.63) is 28.8 Å². The van der Waals surface area contributed by atoms with Crippen molar-refractivity contribution < 1.29 is 14.6 Å². The van der Waals surface area contributed by atoms with Crippen LogP contribution >= 0.6 is 0 Å². The number of phenols is 1. The van der Waals surface area contributed by atoms with Gasteiger partial charge in [0, 0.05) is 12.5 Å². The van der Waals surface area contributed by atoms with Gasteiger partial charge in [0.25, 0.3) is 0 Å². The number of carbonyl (C=O) groups is 1. The fourth-order valence-corrected chi connectivity index (χ4v) is 1.58. The van der Waals surface area contributed by atoms with Crippen molar-refractivity contribution in [3.63, 3.8) is 0 Å². The van der Waals surface area contributed by atoms with Crippen LogP contribution in [0.1, 0.15) is 44.4 Å². The largest absolute Gasteiger partial charge is 0.507 e. The third-order valence-corrected chi connectivity index (χ3v) is 2.68. The van der Waals surface area contributed by atoms with E-state index in [1.54, 1.807) is 0 Å². The normalized spacial score (nSPS) is 11.4. The monoisotopic (exact) mass is 236 g/mol. The van der Waals surface area contributed by atoms with Gasteiger partial charge in [0.15, 0.2) is 0 Å². The highest BCUT2D eigenvalue weighted by atomic mass is 16.5. The Kier molecular flexibility index (Phi) is 3.81. The number of ether oxygens (including phenoxy) is 1. The molecule has 0 radical (unpaired) electrons. The Morgan fingerprint density at radius 3 is 2.41 bits per heavy atom. The SMILES string of the molecule is CC(=O)OCc1cc(C(C)(C)C)cc(C)c1O. The molecule has 0 aliphatic carbocycles. The lowest BCUT2D eigenvalue weighted by Gasteiger charge is -2.21. The minimum absolute atomic E-state index is 0.00341. The van der Waals surface area contributed by atoms with E-state index in [1.807, 2.05) is 19.1 Å².